The molecule has 1 amide bonds. The number of allylic oxidation sites excluding steroid dienone is 3. The minimum absolute atomic E-state index is 0.0917. The molecule has 1 aromatic rings. The topological polar surface area (TPSA) is 32.3 Å². The fourth-order valence-electron chi connectivity index (χ4n) is 2.89. The standard InChI is InChI=1S/C21H28N2O/c1-6-15(3)12-18(7-2)21(24)23-11-10-22-20(14-23)19-9-8-16(4)17(5)13-19/h6-9,12-13,20,22H,1,10-11,14H2,2-5H3/b15-12-,18-7+/t20-/m0/s1. The van der Waals surface area contributed by atoms with Gasteiger partial charge in [-0.15, -0.1) is 0 Å². The molecular weight excluding hydrogens is 296 g/mol. The highest BCUT2D eigenvalue weighted by molar-refractivity contribution is 5.96. The lowest BCUT2D eigenvalue weighted by molar-refractivity contribution is -0.128. The van der Waals surface area contributed by atoms with Crippen molar-refractivity contribution in [3.05, 3.63) is 70.8 Å². The molecule has 128 valence electrons. The number of nitrogens with zero attached hydrogens (tertiary/aromatic N) is 1. The number of benzene rings is 1. The molecule has 24 heavy (non-hydrogen) atoms. The van der Waals surface area contributed by atoms with Gasteiger partial charge >= 0.3 is 0 Å². The molecule has 0 aliphatic carbocycles. The monoisotopic (exact) mass is 324 g/mol. The third kappa shape index (κ3) is 4.24. The van der Waals surface area contributed by atoms with E-state index in [1.807, 2.05) is 30.9 Å². The Balaban J connectivity index is 2.16. The van der Waals surface area contributed by atoms with Crippen molar-refractivity contribution in [2.45, 2.75) is 33.7 Å². The molecule has 2 rings (SSSR count). The third-order valence-corrected chi connectivity index (χ3v) is 4.66. The smallest absolute Gasteiger partial charge is 0.253 e. The second-order valence-corrected chi connectivity index (χ2v) is 6.44. The van der Waals surface area contributed by atoms with E-state index in [0.717, 1.165) is 24.2 Å². The van der Waals surface area contributed by atoms with Crippen molar-refractivity contribution < 1.29 is 4.79 Å². The zero-order valence-electron chi connectivity index (χ0n) is 15.2. The molecule has 1 N–H and O–H groups in total. The van der Waals surface area contributed by atoms with Crippen LogP contribution in [-0.4, -0.2) is 30.4 Å². The molecule has 1 atom stereocenters. The van der Waals surface area contributed by atoms with Crippen LogP contribution in [0.25, 0.3) is 0 Å². The van der Waals surface area contributed by atoms with Crippen molar-refractivity contribution in [2.75, 3.05) is 19.6 Å². The van der Waals surface area contributed by atoms with E-state index in [4.69, 9.17) is 0 Å². The van der Waals surface area contributed by atoms with Crippen LogP contribution in [0.2, 0.25) is 0 Å². The molecule has 0 unspecified atom stereocenters. The van der Waals surface area contributed by atoms with Gasteiger partial charge in [0.2, 0.25) is 0 Å². The van der Waals surface area contributed by atoms with E-state index in [0.29, 0.717) is 6.54 Å². The molecule has 0 saturated carbocycles. The number of carbonyl (C=O) groups excluding carboxylic acids is 1. The summed E-state index contributed by atoms with van der Waals surface area (Å²) in [5.41, 5.74) is 5.56. The fourth-order valence-corrected chi connectivity index (χ4v) is 2.89. The van der Waals surface area contributed by atoms with Crippen LogP contribution in [0.4, 0.5) is 0 Å². The Morgan fingerprint density at radius 2 is 2.08 bits per heavy atom. The van der Waals surface area contributed by atoms with Crippen LogP contribution < -0.4 is 5.32 Å². The average Bonchev–Trinajstić information content (AvgIpc) is 2.61. The number of hydrogen-bond acceptors (Lipinski definition) is 2. The van der Waals surface area contributed by atoms with Crippen molar-refractivity contribution in [1.29, 1.82) is 0 Å². The number of rotatable bonds is 4. The van der Waals surface area contributed by atoms with Crippen LogP contribution in [0.1, 0.15) is 36.6 Å². The first kappa shape index (κ1) is 18.2. The molecule has 1 heterocycles. The van der Waals surface area contributed by atoms with Crippen molar-refractivity contribution in [2.24, 2.45) is 0 Å². The molecule has 0 spiro atoms. The Morgan fingerprint density at radius 3 is 2.71 bits per heavy atom. The van der Waals surface area contributed by atoms with E-state index in [2.05, 4.69) is 43.9 Å². The molecule has 1 saturated heterocycles. The van der Waals surface area contributed by atoms with E-state index in [-0.39, 0.29) is 11.9 Å². The van der Waals surface area contributed by atoms with Gasteiger partial charge in [-0.2, -0.15) is 0 Å². The van der Waals surface area contributed by atoms with Crippen molar-refractivity contribution >= 4 is 5.91 Å². The Morgan fingerprint density at radius 1 is 1.33 bits per heavy atom. The van der Waals surface area contributed by atoms with E-state index in [1.54, 1.807) is 6.08 Å². The van der Waals surface area contributed by atoms with Gasteiger partial charge in [-0.05, 0) is 50.5 Å². The molecular formula is C21H28N2O. The second-order valence-electron chi connectivity index (χ2n) is 6.44. The number of nitrogens with one attached hydrogen (secondary N) is 1. The molecule has 3 heteroatoms. The van der Waals surface area contributed by atoms with Gasteiger partial charge in [0.1, 0.15) is 0 Å². The normalized spacial score (nSPS) is 19.3. The Bertz CT molecular complexity index is 685. The van der Waals surface area contributed by atoms with E-state index in [1.165, 1.54) is 16.7 Å². The number of carbonyl (C=O) groups is 1. The second kappa shape index (κ2) is 8.11. The first-order valence-corrected chi connectivity index (χ1v) is 8.53. The summed E-state index contributed by atoms with van der Waals surface area (Å²) in [5, 5.41) is 3.53. The maximum atomic E-state index is 12.8. The van der Waals surface area contributed by atoms with Crippen molar-refractivity contribution in [3.8, 4) is 0 Å². The van der Waals surface area contributed by atoms with E-state index < -0.39 is 0 Å². The molecule has 0 aromatic heterocycles. The predicted octanol–water partition coefficient (Wildman–Crippen LogP) is 3.85. The lowest BCUT2D eigenvalue weighted by atomic mass is 9.99. The average molecular weight is 324 g/mol. The van der Waals surface area contributed by atoms with Gasteiger partial charge in [0.25, 0.3) is 5.91 Å². The minimum Gasteiger partial charge on any atom is -0.335 e. The first-order valence-electron chi connectivity index (χ1n) is 8.53. The Kier molecular flexibility index (Phi) is 6.16. The summed E-state index contributed by atoms with van der Waals surface area (Å²) in [4.78, 5) is 14.8. The fraction of sp³-hybridized carbons (Fsp3) is 0.381. The highest BCUT2D eigenvalue weighted by atomic mass is 16.2. The summed E-state index contributed by atoms with van der Waals surface area (Å²) in [6.07, 6.45) is 5.55. The number of hydrogen-bond donors (Lipinski definition) is 1. The zero-order valence-corrected chi connectivity index (χ0v) is 15.2. The summed E-state index contributed by atoms with van der Waals surface area (Å²) >= 11 is 0. The summed E-state index contributed by atoms with van der Waals surface area (Å²) in [6.45, 7) is 14.1. The quantitative estimate of drug-likeness (QED) is 0.674. The maximum Gasteiger partial charge on any atom is 0.253 e. The highest BCUT2D eigenvalue weighted by Crippen LogP contribution is 2.21. The molecule has 1 aliphatic rings. The van der Waals surface area contributed by atoms with Crippen LogP contribution in [0.15, 0.2) is 54.2 Å². The van der Waals surface area contributed by atoms with Crippen LogP contribution in [0.3, 0.4) is 0 Å². The summed E-state index contributed by atoms with van der Waals surface area (Å²) < 4.78 is 0. The molecule has 0 bridgehead atoms. The lowest BCUT2D eigenvalue weighted by Gasteiger charge is -2.34. The molecule has 1 aliphatic heterocycles. The molecule has 1 fully saturated rings. The van der Waals surface area contributed by atoms with Gasteiger partial charge in [0.05, 0.1) is 0 Å². The van der Waals surface area contributed by atoms with Gasteiger partial charge in [0, 0.05) is 31.2 Å². The Labute approximate surface area is 145 Å². The number of piperazine rings is 1. The van der Waals surface area contributed by atoms with Crippen molar-refractivity contribution in [1.82, 2.24) is 10.2 Å². The largest absolute Gasteiger partial charge is 0.335 e. The number of aryl methyl sites for hydroxylation is 2. The van der Waals surface area contributed by atoms with Gasteiger partial charge in [0.15, 0.2) is 0 Å². The third-order valence-electron chi connectivity index (χ3n) is 4.66. The van der Waals surface area contributed by atoms with Gasteiger partial charge in [-0.3, -0.25) is 4.79 Å². The SMILES string of the molecule is C=C/C(C)=C\C(=C/C)C(=O)N1CCN[C@H](c2ccc(C)c(C)c2)C1. The van der Waals surface area contributed by atoms with Gasteiger partial charge < -0.3 is 10.2 Å². The van der Waals surface area contributed by atoms with Gasteiger partial charge in [-0.1, -0.05) is 42.5 Å². The maximum absolute atomic E-state index is 12.8. The minimum atomic E-state index is 0.0917. The zero-order chi connectivity index (χ0) is 17.7. The predicted molar refractivity (Wildman–Crippen MR) is 101 cm³/mol. The summed E-state index contributed by atoms with van der Waals surface area (Å²) in [5.74, 6) is 0.0917. The lowest BCUT2D eigenvalue weighted by Crippen LogP contribution is -2.48. The number of amides is 1. The van der Waals surface area contributed by atoms with Crippen molar-refractivity contribution in [3.63, 3.8) is 0 Å². The van der Waals surface area contributed by atoms with Crippen LogP contribution in [-0.2, 0) is 4.79 Å². The Hall–Kier alpha value is -2.13. The molecule has 1 aromatic carbocycles. The van der Waals surface area contributed by atoms with Crippen LogP contribution in [0, 0.1) is 13.8 Å². The van der Waals surface area contributed by atoms with Crippen LogP contribution >= 0.6 is 0 Å². The first-order chi connectivity index (χ1) is 11.5. The summed E-state index contributed by atoms with van der Waals surface area (Å²) in [7, 11) is 0. The van der Waals surface area contributed by atoms with E-state index in [9.17, 15) is 4.79 Å². The van der Waals surface area contributed by atoms with Gasteiger partial charge in [-0.25, -0.2) is 0 Å². The van der Waals surface area contributed by atoms with Crippen LogP contribution in [0.5, 0.6) is 0 Å². The van der Waals surface area contributed by atoms with E-state index >= 15 is 0 Å². The summed E-state index contributed by atoms with van der Waals surface area (Å²) in [6, 6.07) is 6.72. The molecule has 0 radical (unpaired) electrons. The highest BCUT2D eigenvalue weighted by Gasteiger charge is 2.25. The molecule has 3 nitrogen and oxygen atoms in total.